The van der Waals surface area contributed by atoms with Crippen molar-refractivity contribution in [1.29, 1.82) is 0 Å². The Kier molecular flexibility index (Phi) is 4.59. The van der Waals surface area contributed by atoms with Gasteiger partial charge in [-0.3, -0.25) is 0 Å². The van der Waals surface area contributed by atoms with E-state index >= 15 is 0 Å². The maximum atomic E-state index is 4.04. The van der Waals surface area contributed by atoms with E-state index < -0.39 is 0 Å². The third kappa shape index (κ3) is 3.94. The Morgan fingerprint density at radius 1 is 1.33 bits per heavy atom. The third-order valence-electron chi connectivity index (χ3n) is 3.19. The van der Waals surface area contributed by atoms with E-state index in [9.17, 15) is 0 Å². The highest BCUT2D eigenvalue weighted by atomic mass is 14.3. The molecule has 0 N–H and O–H groups in total. The lowest BCUT2D eigenvalue weighted by atomic mass is 9.76. The average molecular weight is 168 g/mol. The Labute approximate surface area is 78.1 Å². The van der Waals surface area contributed by atoms with Crippen molar-refractivity contribution in [2.24, 2.45) is 11.3 Å². The van der Waals surface area contributed by atoms with Crippen LogP contribution in [0.15, 0.2) is 12.2 Å². The normalized spacial score (nSPS) is 12.2. The molecule has 0 rings (SSSR count). The molecule has 0 aliphatic carbocycles. The van der Waals surface area contributed by atoms with Crippen molar-refractivity contribution >= 4 is 0 Å². The minimum Gasteiger partial charge on any atom is -0.0999 e. The van der Waals surface area contributed by atoms with E-state index in [2.05, 4.69) is 41.2 Å². The van der Waals surface area contributed by atoms with Gasteiger partial charge in [-0.05, 0) is 30.6 Å². The summed E-state index contributed by atoms with van der Waals surface area (Å²) in [7, 11) is 0. The fourth-order valence-corrected chi connectivity index (χ4v) is 0.964. The molecule has 0 heterocycles. The lowest BCUT2D eigenvalue weighted by Gasteiger charge is -2.29. The van der Waals surface area contributed by atoms with Crippen LogP contribution in [0.25, 0.3) is 0 Å². The van der Waals surface area contributed by atoms with Gasteiger partial charge in [-0.1, -0.05) is 46.8 Å². The minimum atomic E-state index is 0.470. The summed E-state index contributed by atoms with van der Waals surface area (Å²) in [5.74, 6) is 0.766. The SMILES string of the molecule is C=C(CC)CCC(C)(C)C(C)C. The molecule has 0 amide bonds. The Bertz CT molecular complexity index is 140. The summed E-state index contributed by atoms with van der Waals surface area (Å²) in [6.45, 7) is 15.5. The standard InChI is InChI=1S/C12H24/c1-7-11(4)8-9-12(5,6)10(2)3/h10H,4,7-9H2,1-3,5-6H3. The summed E-state index contributed by atoms with van der Waals surface area (Å²) in [5.41, 5.74) is 1.86. The summed E-state index contributed by atoms with van der Waals surface area (Å²) >= 11 is 0. The van der Waals surface area contributed by atoms with Crippen LogP contribution in [0.2, 0.25) is 0 Å². The van der Waals surface area contributed by atoms with Crippen molar-refractivity contribution in [2.75, 3.05) is 0 Å². The first-order valence-electron chi connectivity index (χ1n) is 5.06. The molecule has 0 aromatic rings. The van der Waals surface area contributed by atoms with E-state index in [4.69, 9.17) is 0 Å². The number of rotatable bonds is 5. The van der Waals surface area contributed by atoms with Gasteiger partial charge in [-0.2, -0.15) is 0 Å². The molecule has 0 saturated carbocycles. The molecular formula is C12H24. The summed E-state index contributed by atoms with van der Waals surface area (Å²) in [4.78, 5) is 0. The average Bonchev–Trinajstić information content (AvgIpc) is 2.00. The minimum absolute atomic E-state index is 0.470. The van der Waals surface area contributed by atoms with Gasteiger partial charge in [0.1, 0.15) is 0 Å². The summed E-state index contributed by atoms with van der Waals surface area (Å²) in [6.07, 6.45) is 3.60. The van der Waals surface area contributed by atoms with Gasteiger partial charge in [0, 0.05) is 0 Å². The second kappa shape index (κ2) is 4.69. The van der Waals surface area contributed by atoms with Gasteiger partial charge in [-0.25, -0.2) is 0 Å². The van der Waals surface area contributed by atoms with Crippen LogP contribution in [0.4, 0.5) is 0 Å². The molecule has 0 aromatic heterocycles. The number of allylic oxidation sites excluding steroid dienone is 1. The molecule has 0 fully saturated rings. The highest BCUT2D eigenvalue weighted by molar-refractivity contribution is 4.94. The van der Waals surface area contributed by atoms with E-state index in [1.165, 1.54) is 18.4 Å². The van der Waals surface area contributed by atoms with Crippen LogP contribution in [0.3, 0.4) is 0 Å². The zero-order chi connectivity index (χ0) is 9.78. The van der Waals surface area contributed by atoms with Gasteiger partial charge in [0.25, 0.3) is 0 Å². The molecule has 0 aliphatic heterocycles. The molecule has 72 valence electrons. The van der Waals surface area contributed by atoms with Gasteiger partial charge in [0.05, 0.1) is 0 Å². The first-order valence-corrected chi connectivity index (χ1v) is 5.06. The van der Waals surface area contributed by atoms with E-state index in [0.717, 1.165) is 12.3 Å². The molecule has 0 saturated heterocycles. The third-order valence-corrected chi connectivity index (χ3v) is 3.19. The van der Waals surface area contributed by atoms with Crippen molar-refractivity contribution in [1.82, 2.24) is 0 Å². The van der Waals surface area contributed by atoms with Gasteiger partial charge in [-0.15, -0.1) is 0 Å². The Balaban J connectivity index is 3.83. The van der Waals surface area contributed by atoms with E-state index in [-0.39, 0.29) is 0 Å². The highest BCUT2D eigenvalue weighted by Crippen LogP contribution is 2.32. The molecule has 0 heteroatoms. The van der Waals surface area contributed by atoms with E-state index in [1.54, 1.807) is 0 Å². The first kappa shape index (κ1) is 11.7. The molecular weight excluding hydrogens is 144 g/mol. The van der Waals surface area contributed by atoms with Crippen LogP contribution in [0.1, 0.15) is 53.9 Å². The Morgan fingerprint density at radius 3 is 2.17 bits per heavy atom. The van der Waals surface area contributed by atoms with Crippen LogP contribution in [0.5, 0.6) is 0 Å². The fraction of sp³-hybridized carbons (Fsp3) is 0.833. The highest BCUT2D eigenvalue weighted by Gasteiger charge is 2.21. The molecule has 0 atom stereocenters. The smallest absolute Gasteiger partial charge is 0.0318 e. The lowest BCUT2D eigenvalue weighted by molar-refractivity contribution is 0.229. The number of hydrogen-bond donors (Lipinski definition) is 0. The molecule has 0 aliphatic rings. The largest absolute Gasteiger partial charge is 0.0999 e. The van der Waals surface area contributed by atoms with Crippen LogP contribution in [-0.4, -0.2) is 0 Å². The van der Waals surface area contributed by atoms with Crippen LogP contribution in [-0.2, 0) is 0 Å². The topological polar surface area (TPSA) is 0 Å². The second-order valence-corrected chi connectivity index (χ2v) is 4.75. The first-order chi connectivity index (χ1) is 5.40. The predicted octanol–water partition coefficient (Wildman–Crippen LogP) is 4.42. The van der Waals surface area contributed by atoms with Crippen LogP contribution >= 0.6 is 0 Å². The molecule has 12 heavy (non-hydrogen) atoms. The molecule has 0 radical (unpaired) electrons. The van der Waals surface area contributed by atoms with Crippen LogP contribution < -0.4 is 0 Å². The van der Waals surface area contributed by atoms with Crippen molar-refractivity contribution in [2.45, 2.75) is 53.9 Å². The quantitative estimate of drug-likeness (QED) is 0.533. The van der Waals surface area contributed by atoms with Crippen molar-refractivity contribution in [3.05, 3.63) is 12.2 Å². The zero-order valence-electron chi connectivity index (χ0n) is 9.41. The van der Waals surface area contributed by atoms with Gasteiger partial charge in [0.2, 0.25) is 0 Å². The number of hydrogen-bond acceptors (Lipinski definition) is 0. The Morgan fingerprint density at radius 2 is 1.83 bits per heavy atom. The van der Waals surface area contributed by atoms with Gasteiger partial charge in [0.15, 0.2) is 0 Å². The van der Waals surface area contributed by atoms with Crippen molar-refractivity contribution in [3.8, 4) is 0 Å². The Hall–Kier alpha value is -0.260. The second-order valence-electron chi connectivity index (χ2n) is 4.75. The van der Waals surface area contributed by atoms with Crippen molar-refractivity contribution in [3.63, 3.8) is 0 Å². The van der Waals surface area contributed by atoms with Gasteiger partial charge < -0.3 is 0 Å². The maximum Gasteiger partial charge on any atom is -0.0318 e. The fourth-order valence-electron chi connectivity index (χ4n) is 0.964. The molecule has 0 bridgehead atoms. The maximum absolute atomic E-state index is 4.04. The zero-order valence-corrected chi connectivity index (χ0v) is 9.41. The monoisotopic (exact) mass is 168 g/mol. The predicted molar refractivity (Wildman–Crippen MR) is 57.3 cm³/mol. The molecule has 0 spiro atoms. The summed E-state index contributed by atoms with van der Waals surface area (Å²) in [6, 6.07) is 0. The molecule has 0 unspecified atom stereocenters. The van der Waals surface area contributed by atoms with Crippen LogP contribution in [0, 0.1) is 11.3 Å². The van der Waals surface area contributed by atoms with Gasteiger partial charge >= 0.3 is 0 Å². The summed E-state index contributed by atoms with van der Waals surface area (Å²) in [5, 5.41) is 0. The summed E-state index contributed by atoms with van der Waals surface area (Å²) < 4.78 is 0. The van der Waals surface area contributed by atoms with E-state index in [1.807, 2.05) is 0 Å². The van der Waals surface area contributed by atoms with E-state index in [0.29, 0.717) is 5.41 Å². The molecule has 0 aromatic carbocycles. The van der Waals surface area contributed by atoms with Crippen molar-refractivity contribution < 1.29 is 0 Å². The molecule has 0 nitrogen and oxygen atoms in total. The lowest BCUT2D eigenvalue weighted by Crippen LogP contribution is -2.18.